The zero-order valence-corrected chi connectivity index (χ0v) is 11.6. The van der Waals surface area contributed by atoms with Crippen molar-refractivity contribution in [3.63, 3.8) is 0 Å². The summed E-state index contributed by atoms with van der Waals surface area (Å²) < 4.78 is 26.9. The molecule has 0 aliphatic heterocycles. The largest absolute Gasteiger partial charge is 0.399 e. The van der Waals surface area contributed by atoms with Crippen LogP contribution in [-0.2, 0) is 10.0 Å². The van der Waals surface area contributed by atoms with Gasteiger partial charge in [-0.15, -0.1) is 0 Å². The van der Waals surface area contributed by atoms with Gasteiger partial charge >= 0.3 is 0 Å². The van der Waals surface area contributed by atoms with Crippen molar-refractivity contribution in [2.24, 2.45) is 0 Å². The lowest BCUT2D eigenvalue weighted by atomic mass is 10.1. The molecule has 0 saturated carbocycles. The maximum absolute atomic E-state index is 12.2. The van der Waals surface area contributed by atoms with E-state index in [9.17, 15) is 8.42 Å². The fourth-order valence-electron chi connectivity index (χ4n) is 1.69. The minimum atomic E-state index is -3.67. The van der Waals surface area contributed by atoms with E-state index in [0.717, 1.165) is 0 Å². The summed E-state index contributed by atoms with van der Waals surface area (Å²) in [6.07, 6.45) is 0. The zero-order valence-electron chi connectivity index (χ0n) is 10.8. The molecule has 0 saturated heterocycles. The van der Waals surface area contributed by atoms with E-state index in [1.54, 1.807) is 31.2 Å². The number of nitrogens with two attached hydrogens (primary N) is 1. The van der Waals surface area contributed by atoms with Gasteiger partial charge in [0.05, 0.1) is 16.5 Å². The minimum absolute atomic E-state index is 0.117. The van der Waals surface area contributed by atoms with E-state index in [0.29, 0.717) is 22.5 Å². The summed E-state index contributed by atoms with van der Waals surface area (Å²) in [5, 5.41) is 8.85. The number of nitriles is 1. The summed E-state index contributed by atoms with van der Waals surface area (Å²) in [4.78, 5) is 0.117. The molecule has 0 bridgehead atoms. The van der Waals surface area contributed by atoms with Gasteiger partial charge in [0.25, 0.3) is 10.0 Å². The Balaban J connectivity index is 2.33. The maximum Gasteiger partial charge on any atom is 0.261 e. The van der Waals surface area contributed by atoms with Gasteiger partial charge in [0, 0.05) is 11.4 Å². The molecule has 2 aromatic rings. The van der Waals surface area contributed by atoms with Crippen LogP contribution in [0.1, 0.15) is 11.1 Å². The van der Waals surface area contributed by atoms with E-state index in [1.807, 2.05) is 6.07 Å². The highest BCUT2D eigenvalue weighted by Crippen LogP contribution is 2.19. The van der Waals surface area contributed by atoms with Gasteiger partial charge in [-0.05, 0) is 55.0 Å². The van der Waals surface area contributed by atoms with E-state index < -0.39 is 10.0 Å². The standard InChI is InChI=1S/C14H13N3O2S/c1-10-8-14(7-2-11(10)9-15)20(18,19)17-13-5-3-12(16)4-6-13/h2-8,17H,16H2,1H3. The first-order valence-corrected chi connectivity index (χ1v) is 7.30. The number of nitrogen functional groups attached to an aromatic ring is 1. The van der Waals surface area contributed by atoms with Crippen LogP contribution in [0.15, 0.2) is 47.4 Å². The van der Waals surface area contributed by atoms with E-state index in [4.69, 9.17) is 11.0 Å². The van der Waals surface area contributed by atoms with Gasteiger partial charge in [0.2, 0.25) is 0 Å². The second-order valence-electron chi connectivity index (χ2n) is 4.32. The van der Waals surface area contributed by atoms with Gasteiger partial charge < -0.3 is 5.73 Å². The summed E-state index contributed by atoms with van der Waals surface area (Å²) >= 11 is 0. The van der Waals surface area contributed by atoms with Crippen LogP contribution in [0.25, 0.3) is 0 Å². The number of aryl methyl sites for hydroxylation is 1. The Labute approximate surface area is 117 Å². The summed E-state index contributed by atoms with van der Waals surface area (Å²) in [5.74, 6) is 0. The number of hydrogen-bond donors (Lipinski definition) is 2. The van der Waals surface area contributed by atoms with Crippen LogP contribution in [0.5, 0.6) is 0 Å². The van der Waals surface area contributed by atoms with Gasteiger partial charge in [-0.1, -0.05) is 0 Å². The molecule has 0 aliphatic rings. The molecule has 0 amide bonds. The topological polar surface area (TPSA) is 96.0 Å². The number of hydrogen-bond acceptors (Lipinski definition) is 4. The number of benzene rings is 2. The Kier molecular flexibility index (Phi) is 3.63. The Morgan fingerprint density at radius 3 is 2.35 bits per heavy atom. The average Bonchev–Trinajstić information content (AvgIpc) is 2.41. The molecule has 20 heavy (non-hydrogen) atoms. The fourth-order valence-corrected chi connectivity index (χ4v) is 2.84. The lowest BCUT2D eigenvalue weighted by Crippen LogP contribution is -2.13. The summed E-state index contributed by atoms with van der Waals surface area (Å²) in [5.41, 5.74) is 7.61. The Morgan fingerprint density at radius 1 is 1.15 bits per heavy atom. The molecule has 0 fully saturated rings. The fraction of sp³-hybridized carbons (Fsp3) is 0.0714. The average molecular weight is 287 g/mol. The van der Waals surface area contributed by atoms with Crippen LogP contribution in [0.4, 0.5) is 11.4 Å². The van der Waals surface area contributed by atoms with Crippen LogP contribution < -0.4 is 10.5 Å². The number of sulfonamides is 1. The van der Waals surface area contributed by atoms with Gasteiger partial charge in [-0.2, -0.15) is 5.26 Å². The molecular weight excluding hydrogens is 274 g/mol. The van der Waals surface area contributed by atoms with Crippen molar-refractivity contribution in [1.29, 1.82) is 5.26 Å². The Morgan fingerprint density at radius 2 is 1.80 bits per heavy atom. The van der Waals surface area contributed by atoms with Crippen molar-refractivity contribution in [1.82, 2.24) is 0 Å². The van der Waals surface area contributed by atoms with E-state index in [1.165, 1.54) is 18.2 Å². The van der Waals surface area contributed by atoms with Crippen LogP contribution in [0.3, 0.4) is 0 Å². The second kappa shape index (κ2) is 5.23. The lowest BCUT2D eigenvalue weighted by molar-refractivity contribution is 0.601. The van der Waals surface area contributed by atoms with Crippen molar-refractivity contribution in [3.05, 3.63) is 53.6 Å². The van der Waals surface area contributed by atoms with E-state index >= 15 is 0 Å². The second-order valence-corrected chi connectivity index (χ2v) is 6.00. The molecule has 0 aromatic heterocycles. The molecule has 0 unspecified atom stereocenters. The molecule has 0 radical (unpaired) electrons. The summed E-state index contributed by atoms with van der Waals surface area (Å²) in [6, 6.07) is 12.8. The molecule has 3 N–H and O–H groups in total. The number of nitrogens with zero attached hydrogens (tertiary/aromatic N) is 1. The smallest absolute Gasteiger partial charge is 0.261 e. The van der Waals surface area contributed by atoms with Gasteiger partial charge in [-0.25, -0.2) is 8.42 Å². The van der Waals surface area contributed by atoms with Gasteiger partial charge in [-0.3, -0.25) is 4.72 Å². The molecule has 102 valence electrons. The molecule has 0 heterocycles. The first kappa shape index (κ1) is 13.9. The third-order valence-corrected chi connectivity index (χ3v) is 4.17. The molecule has 6 heteroatoms. The number of anilines is 2. The predicted molar refractivity (Wildman–Crippen MR) is 77.6 cm³/mol. The van der Waals surface area contributed by atoms with Crippen LogP contribution >= 0.6 is 0 Å². The van der Waals surface area contributed by atoms with Gasteiger partial charge in [0.1, 0.15) is 0 Å². The zero-order chi connectivity index (χ0) is 14.8. The Hall–Kier alpha value is -2.52. The van der Waals surface area contributed by atoms with Crippen molar-refractivity contribution in [3.8, 4) is 6.07 Å². The first-order chi connectivity index (χ1) is 9.42. The highest BCUT2D eigenvalue weighted by atomic mass is 32.2. The molecule has 0 spiro atoms. The Bertz CT molecular complexity index is 775. The van der Waals surface area contributed by atoms with Crippen LogP contribution in [0.2, 0.25) is 0 Å². The van der Waals surface area contributed by atoms with Crippen molar-refractivity contribution in [2.75, 3.05) is 10.5 Å². The third kappa shape index (κ3) is 2.90. The summed E-state index contributed by atoms with van der Waals surface area (Å²) in [7, 11) is -3.67. The maximum atomic E-state index is 12.2. The third-order valence-electron chi connectivity index (χ3n) is 2.79. The molecule has 5 nitrogen and oxygen atoms in total. The molecule has 2 aromatic carbocycles. The van der Waals surface area contributed by atoms with Crippen LogP contribution in [0, 0.1) is 18.3 Å². The number of rotatable bonds is 3. The van der Waals surface area contributed by atoms with Crippen LogP contribution in [-0.4, -0.2) is 8.42 Å². The first-order valence-electron chi connectivity index (χ1n) is 5.81. The predicted octanol–water partition coefficient (Wildman–Crippen LogP) is 2.25. The quantitative estimate of drug-likeness (QED) is 0.846. The van der Waals surface area contributed by atoms with Gasteiger partial charge in [0.15, 0.2) is 0 Å². The van der Waals surface area contributed by atoms with Crippen molar-refractivity contribution in [2.45, 2.75) is 11.8 Å². The highest BCUT2D eigenvalue weighted by molar-refractivity contribution is 7.92. The lowest BCUT2D eigenvalue weighted by Gasteiger charge is -2.09. The summed E-state index contributed by atoms with van der Waals surface area (Å²) in [6.45, 7) is 1.70. The normalized spacial score (nSPS) is 10.8. The number of nitrogens with one attached hydrogen (secondary N) is 1. The highest BCUT2D eigenvalue weighted by Gasteiger charge is 2.15. The monoisotopic (exact) mass is 287 g/mol. The van der Waals surface area contributed by atoms with Crippen molar-refractivity contribution < 1.29 is 8.42 Å². The van der Waals surface area contributed by atoms with E-state index in [2.05, 4.69) is 4.72 Å². The SMILES string of the molecule is Cc1cc(S(=O)(=O)Nc2ccc(N)cc2)ccc1C#N. The molecular formula is C14H13N3O2S. The molecule has 0 atom stereocenters. The molecule has 2 rings (SSSR count). The minimum Gasteiger partial charge on any atom is -0.399 e. The van der Waals surface area contributed by atoms with Crippen molar-refractivity contribution >= 4 is 21.4 Å². The van der Waals surface area contributed by atoms with E-state index in [-0.39, 0.29) is 4.90 Å². The molecule has 0 aliphatic carbocycles.